The molecule has 3 aromatic carbocycles. The number of carbonyl (C=O) groups is 1. The van der Waals surface area contributed by atoms with Crippen LogP contribution in [0.25, 0.3) is 16.7 Å². The van der Waals surface area contributed by atoms with E-state index < -0.39 is 11.7 Å². The fourth-order valence-electron chi connectivity index (χ4n) is 2.62. The van der Waals surface area contributed by atoms with Crippen LogP contribution in [-0.4, -0.2) is 26.0 Å². The molecule has 1 heterocycles. The van der Waals surface area contributed by atoms with Gasteiger partial charge in [0.2, 0.25) is 0 Å². The van der Waals surface area contributed by atoms with Gasteiger partial charge in [-0.05, 0) is 78.9 Å². The van der Waals surface area contributed by atoms with Crippen molar-refractivity contribution in [2.24, 2.45) is 0 Å². The molecule has 0 atom stereocenters. The van der Waals surface area contributed by atoms with Crippen molar-refractivity contribution in [3.8, 4) is 5.69 Å². The fraction of sp³-hybridized carbons (Fsp3) is 0. The van der Waals surface area contributed by atoms with E-state index in [-0.39, 0.29) is 5.11 Å². The minimum atomic E-state index is -0.433. The number of hydrogen-bond acceptors (Lipinski definition) is 4. The fourth-order valence-corrected chi connectivity index (χ4v) is 2.96. The maximum atomic E-state index is 13.0. The standard InChI is InChI=1S/C20H13ClFN5OS/c21-13-3-8-16(9-4-13)27-25-17-10-7-15(11-18(17)26-27)23-20(29)24-19(28)12-1-5-14(22)6-2-12/h1-11H,(H2,23,24,28,29). The second-order valence-electron chi connectivity index (χ2n) is 6.08. The molecule has 0 spiro atoms. The highest BCUT2D eigenvalue weighted by molar-refractivity contribution is 7.80. The number of hydrogen-bond donors (Lipinski definition) is 2. The number of carbonyl (C=O) groups excluding carboxylic acids is 1. The smallest absolute Gasteiger partial charge is 0.257 e. The quantitative estimate of drug-likeness (QED) is 0.478. The third-order valence-corrected chi connectivity index (χ3v) is 4.49. The molecule has 4 aromatic rings. The lowest BCUT2D eigenvalue weighted by molar-refractivity contribution is 0.0977. The van der Waals surface area contributed by atoms with Crippen molar-refractivity contribution < 1.29 is 9.18 Å². The molecule has 144 valence electrons. The lowest BCUT2D eigenvalue weighted by Gasteiger charge is -2.09. The van der Waals surface area contributed by atoms with Gasteiger partial charge >= 0.3 is 0 Å². The number of amides is 1. The van der Waals surface area contributed by atoms with Crippen LogP contribution in [0.15, 0.2) is 66.7 Å². The first-order valence-corrected chi connectivity index (χ1v) is 9.27. The Morgan fingerprint density at radius 3 is 2.38 bits per heavy atom. The van der Waals surface area contributed by atoms with Crippen molar-refractivity contribution in [3.63, 3.8) is 0 Å². The maximum Gasteiger partial charge on any atom is 0.257 e. The van der Waals surface area contributed by atoms with Crippen LogP contribution in [0.3, 0.4) is 0 Å². The van der Waals surface area contributed by atoms with Crippen molar-refractivity contribution in [3.05, 3.63) is 83.1 Å². The monoisotopic (exact) mass is 425 g/mol. The van der Waals surface area contributed by atoms with E-state index in [1.807, 2.05) is 12.1 Å². The molecular formula is C20H13ClFN5OS. The average molecular weight is 426 g/mol. The lowest BCUT2D eigenvalue weighted by atomic mass is 10.2. The van der Waals surface area contributed by atoms with Crippen molar-refractivity contribution in [1.82, 2.24) is 20.3 Å². The van der Waals surface area contributed by atoms with E-state index in [0.29, 0.717) is 27.3 Å². The van der Waals surface area contributed by atoms with Gasteiger partial charge < -0.3 is 5.32 Å². The Bertz CT molecular complexity index is 1210. The summed E-state index contributed by atoms with van der Waals surface area (Å²) in [5, 5.41) is 15.1. The molecule has 0 unspecified atom stereocenters. The van der Waals surface area contributed by atoms with Gasteiger partial charge in [-0.2, -0.15) is 4.80 Å². The van der Waals surface area contributed by atoms with Crippen molar-refractivity contribution >= 4 is 51.6 Å². The minimum Gasteiger partial charge on any atom is -0.332 e. The highest BCUT2D eigenvalue weighted by Gasteiger charge is 2.10. The molecule has 1 amide bonds. The van der Waals surface area contributed by atoms with E-state index >= 15 is 0 Å². The largest absolute Gasteiger partial charge is 0.332 e. The molecule has 2 N–H and O–H groups in total. The SMILES string of the molecule is O=C(NC(=S)Nc1ccc2nn(-c3ccc(Cl)cc3)nc2c1)c1ccc(F)cc1. The summed E-state index contributed by atoms with van der Waals surface area (Å²) in [6.07, 6.45) is 0. The molecule has 0 aliphatic rings. The highest BCUT2D eigenvalue weighted by atomic mass is 35.5. The Labute approximate surface area is 175 Å². The van der Waals surface area contributed by atoms with Crippen LogP contribution in [0.1, 0.15) is 10.4 Å². The minimum absolute atomic E-state index is 0.115. The molecule has 29 heavy (non-hydrogen) atoms. The van der Waals surface area contributed by atoms with Crippen LogP contribution in [0, 0.1) is 5.82 Å². The van der Waals surface area contributed by atoms with E-state index in [0.717, 1.165) is 5.69 Å². The van der Waals surface area contributed by atoms with Crippen LogP contribution in [0.5, 0.6) is 0 Å². The summed E-state index contributed by atoms with van der Waals surface area (Å²) >= 11 is 11.1. The zero-order valence-electron chi connectivity index (χ0n) is 14.8. The summed E-state index contributed by atoms with van der Waals surface area (Å²) in [7, 11) is 0. The van der Waals surface area contributed by atoms with Crippen LogP contribution in [-0.2, 0) is 0 Å². The number of fused-ring (bicyclic) bond motifs is 1. The van der Waals surface area contributed by atoms with Crippen molar-refractivity contribution in [2.45, 2.75) is 0 Å². The molecule has 0 aliphatic heterocycles. The number of anilines is 1. The van der Waals surface area contributed by atoms with Gasteiger partial charge in [0.05, 0.1) is 5.69 Å². The van der Waals surface area contributed by atoms with E-state index in [2.05, 4.69) is 20.8 Å². The van der Waals surface area contributed by atoms with Gasteiger partial charge in [0.25, 0.3) is 5.91 Å². The first-order chi connectivity index (χ1) is 14.0. The summed E-state index contributed by atoms with van der Waals surface area (Å²) in [4.78, 5) is 13.7. The number of aromatic nitrogens is 3. The Morgan fingerprint density at radius 2 is 1.66 bits per heavy atom. The molecule has 6 nitrogen and oxygen atoms in total. The molecule has 4 rings (SSSR count). The van der Waals surface area contributed by atoms with E-state index in [9.17, 15) is 9.18 Å². The van der Waals surface area contributed by atoms with Crippen molar-refractivity contribution in [2.75, 3.05) is 5.32 Å². The molecule has 0 bridgehead atoms. The van der Waals surface area contributed by atoms with E-state index in [1.54, 1.807) is 30.3 Å². The summed E-state index contributed by atoms with van der Waals surface area (Å²) < 4.78 is 13.0. The highest BCUT2D eigenvalue weighted by Crippen LogP contribution is 2.18. The molecule has 0 saturated heterocycles. The third-order valence-electron chi connectivity index (χ3n) is 4.03. The molecule has 1 aromatic heterocycles. The Balaban J connectivity index is 1.47. The summed E-state index contributed by atoms with van der Waals surface area (Å²) in [5.74, 6) is -0.848. The zero-order chi connectivity index (χ0) is 20.4. The number of benzene rings is 3. The maximum absolute atomic E-state index is 13.0. The first-order valence-electron chi connectivity index (χ1n) is 8.49. The number of halogens is 2. The number of thiocarbonyl (C=S) groups is 1. The Morgan fingerprint density at radius 1 is 0.966 bits per heavy atom. The average Bonchev–Trinajstić information content (AvgIpc) is 3.12. The van der Waals surface area contributed by atoms with E-state index in [1.165, 1.54) is 29.1 Å². The van der Waals surface area contributed by atoms with Crippen LogP contribution in [0.4, 0.5) is 10.1 Å². The molecule has 0 aliphatic carbocycles. The lowest BCUT2D eigenvalue weighted by Crippen LogP contribution is -2.34. The van der Waals surface area contributed by atoms with Crippen LogP contribution in [0.2, 0.25) is 5.02 Å². The van der Waals surface area contributed by atoms with Crippen LogP contribution >= 0.6 is 23.8 Å². The van der Waals surface area contributed by atoms with Gasteiger partial charge in [-0.25, -0.2) is 4.39 Å². The molecule has 0 radical (unpaired) electrons. The van der Waals surface area contributed by atoms with Gasteiger partial charge in [-0.3, -0.25) is 10.1 Å². The topological polar surface area (TPSA) is 71.8 Å². The third kappa shape index (κ3) is 4.39. The van der Waals surface area contributed by atoms with Gasteiger partial charge in [-0.15, -0.1) is 10.2 Å². The summed E-state index contributed by atoms with van der Waals surface area (Å²) in [5.41, 5.74) is 3.08. The van der Waals surface area contributed by atoms with Gasteiger partial charge in [0.1, 0.15) is 16.9 Å². The number of nitrogens with zero attached hydrogens (tertiary/aromatic N) is 3. The molecule has 9 heteroatoms. The molecule has 0 saturated carbocycles. The Hall–Kier alpha value is -3.36. The normalized spacial score (nSPS) is 10.7. The van der Waals surface area contributed by atoms with Crippen molar-refractivity contribution in [1.29, 1.82) is 0 Å². The first kappa shape index (κ1) is 19.0. The second kappa shape index (κ2) is 7.94. The predicted octanol–water partition coefficient (Wildman–Crippen LogP) is 4.34. The van der Waals surface area contributed by atoms with Crippen LogP contribution < -0.4 is 10.6 Å². The molecule has 0 fully saturated rings. The van der Waals surface area contributed by atoms with Gasteiger partial charge in [0, 0.05) is 16.3 Å². The summed E-state index contributed by atoms with van der Waals surface area (Å²) in [6.45, 7) is 0. The number of rotatable bonds is 3. The Kier molecular flexibility index (Phi) is 5.20. The van der Waals surface area contributed by atoms with E-state index in [4.69, 9.17) is 23.8 Å². The summed E-state index contributed by atoms with van der Waals surface area (Å²) in [6, 6.07) is 17.7. The van der Waals surface area contributed by atoms with Gasteiger partial charge in [-0.1, -0.05) is 11.6 Å². The zero-order valence-corrected chi connectivity index (χ0v) is 16.3. The number of nitrogens with one attached hydrogen (secondary N) is 2. The second-order valence-corrected chi connectivity index (χ2v) is 6.93. The van der Waals surface area contributed by atoms with Gasteiger partial charge in [0.15, 0.2) is 5.11 Å². The molecular weight excluding hydrogens is 413 g/mol. The predicted molar refractivity (Wildman–Crippen MR) is 114 cm³/mol.